The standard InChI is InChI=1S/C16H22N4O3S/c1-12(2)5-7-19-8-9-20(15-11-24(22,23)10-14(15)19)16(21)13-4-3-6-17-18-13/h3-6,14-15H,7-11H2,1-2H3/t14-,15+/m0/s1. The fraction of sp³-hybridized carbons (Fsp3) is 0.562. The van der Waals surface area contributed by atoms with Crippen molar-refractivity contribution in [1.29, 1.82) is 0 Å². The summed E-state index contributed by atoms with van der Waals surface area (Å²) in [7, 11) is -3.14. The maximum absolute atomic E-state index is 12.7. The van der Waals surface area contributed by atoms with E-state index in [0.29, 0.717) is 19.6 Å². The van der Waals surface area contributed by atoms with Crippen LogP contribution in [0.15, 0.2) is 30.0 Å². The Bertz CT molecular complexity index is 744. The van der Waals surface area contributed by atoms with Crippen molar-refractivity contribution < 1.29 is 13.2 Å². The molecule has 0 aliphatic carbocycles. The SMILES string of the molecule is CC(C)=CCN1CCN(C(=O)c2cccnn2)[C@@H]2CS(=O)(=O)C[C@@H]21. The molecular formula is C16H22N4O3S. The summed E-state index contributed by atoms with van der Waals surface area (Å²) in [5.41, 5.74) is 1.46. The third-order valence-corrected chi connectivity index (χ3v) is 6.28. The van der Waals surface area contributed by atoms with Gasteiger partial charge in [0.2, 0.25) is 0 Å². The Morgan fingerprint density at radius 3 is 2.71 bits per heavy atom. The van der Waals surface area contributed by atoms with Gasteiger partial charge >= 0.3 is 0 Å². The van der Waals surface area contributed by atoms with Gasteiger partial charge in [0.15, 0.2) is 15.5 Å². The zero-order valence-electron chi connectivity index (χ0n) is 13.9. The Hall–Kier alpha value is -1.80. The minimum atomic E-state index is -3.14. The molecule has 0 N–H and O–H groups in total. The molecule has 2 aliphatic heterocycles. The summed E-state index contributed by atoms with van der Waals surface area (Å²) < 4.78 is 24.4. The smallest absolute Gasteiger partial charge is 0.274 e. The zero-order chi connectivity index (χ0) is 17.3. The number of fused-ring (bicyclic) bond motifs is 1. The Balaban J connectivity index is 1.84. The van der Waals surface area contributed by atoms with Gasteiger partial charge in [0.1, 0.15) is 0 Å². The average Bonchev–Trinajstić information content (AvgIpc) is 2.87. The molecule has 24 heavy (non-hydrogen) atoms. The van der Waals surface area contributed by atoms with Crippen LogP contribution < -0.4 is 0 Å². The lowest BCUT2D eigenvalue weighted by atomic mass is 10.0. The Labute approximate surface area is 142 Å². The van der Waals surface area contributed by atoms with Gasteiger partial charge < -0.3 is 4.90 Å². The number of allylic oxidation sites excluding steroid dienone is 1. The second-order valence-electron chi connectivity index (χ2n) is 6.60. The second-order valence-corrected chi connectivity index (χ2v) is 8.75. The Morgan fingerprint density at radius 1 is 1.29 bits per heavy atom. The van der Waals surface area contributed by atoms with E-state index in [1.165, 1.54) is 11.8 Å². The monoisotopic (exact) mass is 350 g/mol. The minimum Gasteiger partial charge on any atom is -0.330 e. The van der Waals surface area contributed by atoms with Crippen LogP contribution in [0.1, 0.15) is 24.3 Å². The third-order valence-electron chi connectivity index (χ3n) is 4.58. The zero-order valence-corrected chi connectivity index (χ0v) is 14.7. The van der Waals surface area contributed by atoms with Gasteiger partial charge in [-0.3, -0.25) is 9.69 Å². The quantitative estimate of drug-likeness (QED) is 0.732. The lowest BCUT2D eigenvalue weighted by Gasteiger charge is -2.43. The fourth-order valence-corrected chi connectivity index (χ4v) is 5.38. The molecule has 130 valence electrons. The number of carbonyl (C=O) groups excluding carboxylic acids is 1. The van der Waals surface area contributed by atoms with Crippen LogP contribution in [-0.2, 0) is 9.84 Å². The van der Waals surface area contributed by atoms with E-state index < -0.39 is 9.84 Å². The number of nitrogens with zero attached hydrogens (tertiary/aromatic N) is 4. The van der Waals surface area contributed by atoms with Gasteiger partial charge in [-0.05, 0) is 26.0 Å². The van der Waals surface area contributed by atoms with Crippen LogP contribution in [0.25, 0.3) is 0 Å². The average molecular weight is 350 g/mol. The molecule has 2 aliphatic rings. The summed E-state index contributed by atoms with van der Waals surface area (Å²) in [6, 6.07) is 2.81. The summed E-state index contributed by atoms with van der Waals surface area (Å²) in [5.74, 6) is -0.106. The maximum atomic E-state index is 12.7. The van der Waals surface area contributed by atoms with E-state index in [0.717, 1.165) is 0 Å². The summed E-state index contributed by atoms with van der Waals surface area (Å²) in [5, 5.41) is 7.61. The molecule has 7 nitrogen and oxygen atoms in total. The van der Waals surface area contributed by atoms with Crippen molar-refractivity contribution in [2.45, 2.75) is 25.9 Å². The first-order chi connectivity index (χ1) is 11.4. The first-order valence-electron chi connectivity index (χ1n) is 8.04. The highest BCUT2D eigenvalue weighted by molar-refractivity contribution is 7.91. The Kier molecular flexibility index (Phi) is 4.69. The predicted molar refractivity (Wildman–Crippen MR) is 90.3 cm³/mol. The first-order valence-corrected chi connectivity index (χ1v) is 9.86. The van der Waals surface area contributed by atoms with Crippen molar-refractivity contribution in [3.8, 4) is 0 Å². The molecule has 0 aromatic carbocycles. The number of sulfone groups is 1. The summed E-state index contributed by atoms with van der Waals surface area (Å²) >= 11 is 0. The molecule has 3 rings (SSSR count). The highest BCUT2D eigenvalue weighted by atomic mass is 32.2. The molecule has 0 spiro atoms. The molecule has 8 heteroatoms. The lowest BCUT2D eigenvalue weighted by Crippen LogP contribution is -2.60. The van der Waals surface area contributed by atoms with E-state index in [4.69, 9.17) is 0 Å². The number of piperazine rings is 1. The van der Waals surface area contributed by atoms with E-state index >= 15 is 0 Å². The molecule has 1 aromatic rings. The van der Waals surface area contributed by atoms with E-state index in [1.807, 2.05) is 13.8 Å². The van der Waals surface area contributed by atoms with Crippen molar-refractivity contribution in [2.75, 3.05) is 31.1 Å². The third kappa shape index (κ3) is 3.49. The van der Waals surface area contributed by atoms with Crippen molar-refractivity contribution in [3.63, 3.8) is 0 Å². The van der Waals surface area contributed by atoms with Crippen molar-refractivity contribution in [2.24, 2.45) is 0 Å². The number of hydrogen-bond acceptors (Lipinski definition) is 6. The van der Waals surface area contributed by atoms with Crippen LogP contribution in [0.2, 0.25) is 0 Å². The largest absolute Gasteiger partial charge is 0.330 e. The lowest BCUT2D eigenvalue weighted by molar-refractivity contribution is 0.0362. The predicted octanol–water partition coefficient (Wildman–Crippen LogP) is 0.366. The van der Waals surface area contributed by atoms with Crippen molar-refractivity contribution >= 4 is 15.7 Å². The van der Waals surface area contributed by atoms with Gasteiger partial charge in [-0.1, -0.05) is 11.6 Å². The normalized spacial score (nSPS) is 26.0. The van der Waals surface area contributed by atoms with Crippen LogP contribution in [0.5, 0.6) is 0 Å². The summed E-state index contributed by atoms with van der Waals surface area (Å²) in [4.78, 5) is 16.6. The number of carbonyl (C=O) groups is 1. The molecule has 2 fully saturated rings. The Morgan fingerprint density at radius 2 is 2.04 bits per heavy atom. The molecule has 0 unspecified atom stereocenters. The van der Waals surface area contributed by atoms with E-state index in [1.54, 1.807) is 17.0 Å². The maximum Gasteiger partial charge on any atom is 0.274 e. The molecular weight excluding hydrogens is 328 g/mol. The molecule has 1 aromatic heterocycles. The second kappa shape index (κ2) is 6.60. The van der Waals surface area contributed by atoms with Gasteiger partial charge in [0.05, 0.1) is 17.5 Å². The molecule has 1 amide bonds. The van der Waals surface area contributed by atoms with Gasteiger partial charge in [-0.25, -0.2) is 8.42 Å². The van der Waals surface area contributed by atoms with Crippen molar-refractivity contribution in [1.82, 2.24) is 20.0 Å². The summed E-state index contributed by atoms with van der Waals surface area (Å²) in [6.45, 7) is 5.93. The van der Waals surface area contributed by atoms with Gasteiger partial charge in [0, 0.05) is 31.9 Å². The highest BCUT2D eigenvalue weighted by Crippen LogP contribution is 2.28. The molecule has 0 saturated carbocycles. The minimum absolute atomic E-state index is 0.0228. The number of rotatable bonds is 3. The van der Waals surface area contributed by atoms with E-state index in [-0.39, 0.29) is 35.2 Å². The molecule has 3 heterocycles. The first kappa shape index (κ1) is 17.0. The topological polar surface area (TPSA) is 83.5 Å². The van der Waals surface area contributed by atoms with Crippen molar-refractivity contribution in [3.05, 3.63) is 35.7 Å². The van der Waals surface area contributed by atoms with Gasteiger partial charge in [-0.15, -0.1) is 5.10 Å². The molecule has 2 atom stereocenters. The molecule has 0 radical (unpaired) electrons. The van der Waals surface area contributed by atoms with E-state index in [2.05, 4.69) is 21.2 Å². The number of aromatic nitrogens is 2. The van der Waals surface area contributed by atoms with E-state index in [9.17, 15) is 13.2 Å². The summed E-state index contributed by atoms with van der Waals surface area (Å²) in [6.07, 6.45) is 3.61. The molecule has 0 bridgehead atoms. The van der Waals surface area contributed by atoms with Crippen LogP contribution in [0, 0.1) is 0 Å². The van der Waals surface area contributed by atoms with Gasteiger partial charge in [-0.2, -0.15) is 5.10 Å². The van der Waals surface area contributed by atoms with Crippen LogP contribution in [-0.4, -0.2) is 77.5 Å². The fourth-order valence-electron chi connectivity index (χ4n) is 3.37. The number of amides is 1. The van der Waals surface area contributed by atoms with Gasteiger partial charge in [0.25, 0.3) is 5.91 Å². The molecule has 2 saturated heterocycles. The van der Waals surface area contributed by atoms with Crippen LogP contribution in [0.4, 0.5) is 0 Å². The van der Waals surface area contributed by atoms with Crippen LogP contribution in [0.3, 0.4) is 0 Å². The number of hydrogen-bond donors (Lipinski definition) is 0. The highest BCUT2D eigenvalue weighted by Gasteiger charge is 2.48. The van der Waals surface area contributed by atoms with Crippen LogP contribution >= 0.6 is 0 Å².